The Kier molecular flexibility index (Phi) is 6.68. The first-order valence-corrected chi connectivity index (χ1v) is 10.4. The molecule has 8 nitrogen and oxygen atoms in total. The molecule has 0 radical (unpaired) electrons. The standard InChI is InChI=1S/C17H20N2O6S2/c1-10-16(12(3)20)11(2)19-17(10)13(21)9-25-14(22)6-7-18-27(23,24)15-5-4-8-26-15/h4-5,8,18-19H,6-7,9H2,1-3H3. The number of esters is 1. The van der Waals surface area contributed by atoms with E-state index in [4.69, 9.17) is 4.74 Å². The lowest BCUT2D eigenvalue weighted by Crippen LogP contribution is -2.26. The van der Waals surface area contributed by atoms with Gasteiger partial charge in [-0.15, -0.1) is 11.3 Å². The third-order valence-corrected chi connectivity index (χ3v) is 6.67. The van der Waals surface area contributed by atoms with Crippen molar-refractivity contribution in [1.29, 1.82) is 0 Å². The van der Waals surface area contributed by atoms with E-state index in [2.05, 4.69) is 9.71 Å². The summed E-state index contributed by atoms with van der Waals surface area (Å²) in [6, 6.07) is 3.07. The molecule has 0 aromatic carbocycles. The van der Waals surface area contributed by atoms with Crippen LogP contribution in [0.1, 0.15) is 45.4 Å². The average Bonchev–Trinajstić information content (AvgIpc) is 3.21. The van der Waals surface area contributed by atoms with E-state index in [1.807, 2.05) is 0 Å². The number of carbonyl (C=O) groups excluding carboxylic acids is 3. The normalized spacial score (nSPS) is 11.4. The van der Waals surface area contributed by atoms with Gasteiger partial charge in [-0.05, 0) is 37.8 Å². The van der Waals surface area contributed by atoms with Crippen LogP contribution in [-0.4, -0.2) is 44.1 Å². The first-order valence-electron chi connectivity index (χ1n) is 8.05. The van der Waals surface area contributed by atoms with Gasteiger partial charge in [0.25, 0.3) is 0 Å². The molecule has 2 N–H and O–H groups in total. The molecule has 0 spiro atoms. The molecule has 2 rings (SSSR count). The zero-order valence-corrected chi connectivity index (χ0v) is 16.8. The van der Waals surface area contributed by atoms with Crippen LogP contribution in [0.3, 0.4) is 0 Å². The Hall–Kier alpha value is -2.30. The molecular weight excluding hydrogens is 392 g/mol. The summed E-state index contributed by atoms with van der Waals surface area (Å²) in [6.45, 7) is 4.12. The van der Waals surface area contributed by atoms with Crippen LogP contribution in [0.4, 0.5) is 0 Å². The number of carbonyl (C=O) groups is 3. The largest absolute Gasteiger partial charge is 0.457 e. The van der Waals surface area contributed by atoms with Crippen molar-refractivity contribution in [3.63, 3.8) is 0 Å². The van der Waals surface area contributed by atoms with E-state index < -0.39 is 28.4 Å². The summed E-state index contributed by atoms with van der Waals surface area (Å²) in [5, 5.41) is 1.64. The van der Waals surface area contributed by atoms with Crippen molar-refractivity contribution < 1.29 is 27.5 Å². The molecule has 10 heteroatoms. The van der Waals surface area contributed by atoms with Gasteiger partial charge >= 0.3 is 5.97 Å². The van der Waals surface area contributed by atoms with Crippen LogP contribution in [-0.2, 0) is 19.6 Å². The van der Waals surface area contributed by atoms with Gasteiger partial charge in [0.1, 0.15) is 4.21 Å². The second-order valence-corrected chi connectivity index (χ2v) is 8.79. The molecule has 0 unspecified atom stereocenters. The minimum absolute atomic E-state index is 0.137. The number of nitrogens with one attached hydrogen (secondary N) is 2. The molecule has 0 aliphatic carbocycles. The van der Waals surface area contributed by atoms with Gasteiger partial charge in [0, 0.05) is 17.8 Å². The fourth-order valence-electron chi connectivity index (χ4n) is 2.62. The number of sulfonamides is 1. The molecule has 2 aromatic rings. The molecule has 2 heterocycles. The number of ether oxygens (including phenoxy) is 1. The van der Waals surface area contributed by atoms with Gasteiger partial charge in [0.05, 0.1) is 12.1 Å². The Bertz CT molecular complexity index is 958. The molecule has 146 valence electrons. The van der Waals surface area contributed by atoms with Crippen molar-refractivity contribution in [2.75, 3.05) is 13.2 Å². The van der Waals surface area contributed by atoms with Crippen LogP contribution in [0, 0.1) is 13.8 Å². The van der Waals surface area contributed by atoms with E-state index in [1.54, 1.807) is 25.3 Å². The van der Waals surface area contributed by atoms with E-state index in [0.29, 0.717) is 16.8 Å². The monoisotopic (exact) mass is 412 g/mol. The van der Waals surface area contributed by atoms with Crippen LogP contribution in [0.2, 0.25) is 0 Å². The Morgan fingerprint density at radius 3 is 2.52 bits per heavy atom. The lowest BCUT2D eigenvalue weighted by Gasteiger charge is -2.06. The molecule has 0 fully saturated rings. The van der Waals surface area contributed by atoms with Gasteiger partial charge in [-0.2, -0.15) is 0 Å². The third-order valence-electron chi connectivity index (χ3n) is 3.81. The van der Waals surface area contributed by atoms with Crippen molar-refractivity contribution in [2.45, 2.75) is 31.4 Å². The number of aromatic nitrogens is 1. The zero-order chi connectivity index (χ0) is 20.2. The molecule has 0 saturated carbocycles. The molecule has 0 amide bonds. The minimum atomic E-state index is -3.65. The van der Waals surface area contributed by atoms with Crippen molar-refractivity contribution >= 4 is 38.9 Å². The van der Waals surface area contributed by atoms with Gasteiger partial charge in [-0.3, -0.25) is 14.4 Å². The van der Waals surface area contributed by atoms with Crippen LogP contribution in [0.25, 0.3) is 0 Å². The van der Waals surface area contributed by atoms with Crippen molar-refractivity contribution in [1.82, 2.24) is 9.71 Å². The molecule has 0 atom stereocenters. The third kappa shape index (κ3) is 5.12. The molecule has 0 saturated heterocycles. The lowest BCUT2D eigenvalue weighted by molar-refractivity contribution is -0.142. The van der Waals surface area contributed by atoms with E-state index in [1.165, 1.54) is 13.0 Å². The number of hydrogen-bond donors (Lipinski definition) is 2. The molecular formula is C17H20N2O6S2. The van der Waals surface area contributed by atoms with Gasteiger partial charge < -0.3 is 9.72 Å². The van der Waals surface area contributed by atoms with Crippen LogP contribution < -0.4 is 4.72 Å². The predicted molar refractivity (Wildman–Crippen MR) is 99.7 cm³/mol. The highest BCUT2D eigenvalue weighted by Gasteiger charge is 2.21. The van der Waals surface area contributed by atoms with E-state index in [9.17, 15) is 22.8 Å². The number of aromatic amines is 1. The van der Waals surface area contributed by atoms with Gasteiger partial charge in [0.2, 0.25) is 15.8 Å². The Labute approximate surface area is 161 Å². The smallest absolute Gasteiger partial charge is 0.307 e. The number of hydrogen-bond acceptors (Lipinski definition) is 7. The Balaban J connectivity index is 1.85. The number of Topliss-reactive ketones (excluding diaryl/α,β-unsaturated/α-hetero) is 2. The second kappa shape index (κ2) is 8.59. The molecule has 0 aliphatic heterocycles. The number of thiophene rings is 1. The van der Waals surface area contributed by atoms with Crippen LogP contribution >= 0.6 is 11.3 Å². The summed E-state index contributed by atoms with van der Waals surface area (Å²) >= 11 is 1.07. The molecule has 0 bridgehead atoms. The minimum Gasteiger partial charge on any atom is -0.457 e. The van der Waals surface area contributed by atoms with E-state index in [0.717, 1.165) is 11.3 Å². The second-order valence-electron chi connectivity index (χ2n) is 5.84. The maximum atomic E-state index is 12.2. The highest BCUT2D eigenvalue weighted by atomic mass is 32.2. The highest BCUT2D eigenvalue weighted by Crippen LogP contribution is 2.19. The van der Waals surface area contributed by atoms with Gasteiger partial charge in [0.15, 0.2) is 12.4 Å². The van der Waals surface area contributed by atoms with E-state index in [-0.39, 0.29) is 28.7 Å². The maximum absolute atomic E-state index is 12.2. The fraction of sp³-hybridized carbons (Fsp3) is 0.353. The predicted octanol–water partition coefficient (Wildman–Crippen LogP) is 1.99. The van der Waals surface area contributed by atoms with Crippen molar-refractivity contribution in [3.8, 4) is 0 Å². The summed E-state index contributed by atoms with van der Waals surface area (Å²) in [7, 11) is -3.65. The topological polar surface area (TPSA) is 122 Å². The van der Waals surface area contributed by atoms with Crippen LogP contribution in [0.15, 0.2) is 21.7 Å². The first-order chi connectivity index (χ1) is 12.6. The van der Waals surface area contributed by atoms with E-state index >= 15 is 0 Å². The maximum Gasteiger partial charge on any atom is 0.307 e. The molecule has 2 aromatic heterocycles. The summed E-state index contributed by atoms with van der Waals surface area (Å²) < 4.78 is 31.2. The number of aryl methyl sites for hydroxylation is 1. The molecule has 0 aliphatic rings. The van der Waals surface area contributed by atoms with Crippen LogP contribution in [0.5, 0.6) is 0 Å². The van der Waals surface area contributed by atoms with Crippen molar-refractivity contribution in [2.24, 2.45) is 0 Å². The van der Waals surface area contributed by atoms with Gasteiger partial charge in [-0.1, -0.05) is 6.07 Å². The fourth-order valence-corrected chi connectivity index (χ4v) is 4.69. The summed E-state index contributed by atoms with van der Waals surface area (Å²) in [4.78, 5) is 38.4. The number of rotatable bonds is 9. The Morgan fingerprint density at radius 1 is 1.26 bits per heavy atom. The zero-order valence-electron chi connectivity index (χ0n) is 15.1. The molecule has 27 heavy (non-hydrogen) atoms. The Morgan fingerprint density at radius 2 is 1.96 bits per heavy atom. The first kappa shape index (κ1) is 21.0. The summed E-state index contributed by atoms with van der Waals surface area (Å²) in [6.07, 6.45) is -0.209. The number of ketones is 2. The highest BCUT2D eigenvalue weighted by molar-refractivity contribution is 7.91. The summed E-state index contributed by atoms with van der Waals surface area (Å²) in [5.41, 5.74) is 1.78. The number of H-pyrrole nitrogens is 1. The quantitative estimate of drug-likeness (QED) is 0.480. The SMILES string of the molecule is CC(=O)c1c(C)[nH]c(C(=O)COC(=O)CCNS(=O)(=O)c2cccs2)c1C. The lowest BCUT2D eigenvalue weighted by atomic mass is 10.1. The van der Waals surface area contributed by atoms with Gasteiger partial charge in [-0.25, -0.2) is 13.1 Å². The van der Waals surface area contributed by atoms with Crippen molar-refractivity contribution in [3.05, 3.63) is 40.0 Å². The summed E-state index contributed by atoms with van der Waals surface area (Å²) in [5.74, 6) is -1.32. The average molecular weight is 412 g/mol.